The zero-order valence-corrected chi connectivity index (χ0v) is 11.8. The summed E-state index contributed by atoms with van der Waals surface area (Å²) in [6.07, 6.45) is 8.14. The average molecular weight is 328 g/mol. The highest BCUT2D eigenvalue weighted by Crippen LogP contribution is 2.54. The third-order valence-corrected chi connectivity index (χ3v) is 5.01. The van der Waals surface area contributed by atoms with Crippen molar-refractivity contribution in [3.8, 4) is 5.75 Å². The van der Waals surface area contributed by atoms with Gasteiger partial charge in [0.15, 0.2) is 23.0 Å². The predicted molar refractivity (Wildman–Crippen MR) is 74.3 cm³/mol. The van der Waals surface area contributed by atoms with E-state index < -0.39 is 0 Å². The van der Waals surface area contributed by atoms with Gasteiger partial charge in [0.05, 0.1) is 0 Å². The van der Waals surface area contributed by atoms with Crippen LogP contribution in [0.5, 0.6) is 5.75 Å². The van der Waals surface area contributed by atoms with Crippen molar-refractivity contribution in [2.45, 2.75) is 50.9 Å². The summed E-state index contributed by atoms with van der Waals surface area (Å²) in [5.41, 5.74) is 5.06. The predicted octanol–water partition coefficient (Wildman–Crippen LogP) is 4.48. The molecule has 1 aromatic rings. The fraction of sp³-hybridized carbons (Fsp3) is 0.571. The van der Waals surface area contributed by atoms with Crippen molar-refractivity contribution in [1.29, 1.82) is 0 Å². The van der Waals surface area contributed by atoms with Crippen molar-refractivity contribution in [2.24, 2.45) is 0 Å². The molecule has 2 aliphatic carbocycles. The van der Waals surface area contributed by atoms with E-state index in [4.69, 9.17) is 3.07 Å². The number of aryl methyl sites for hydroxylation is 1. The van der Waals surface area contributed by atoms with Crippen LogP contribution in [0.2, 0.25) is 0 Å². The van der Waals surface area contributed by atoms with Gasteiger partial charge in [0.25, 0.3) is 0 Å². The van der Waals surface area contributed by atoms with Crippen molar-refractivity contribution in [3.63, 3.8) is 0 Å². The van der Waals surface area contributed by atoms with Crippen molar-refractivity contribution >= 4 is 23.0 Å². The molecule has 0 N–H and O–H groups in total. The monoisotopic (exact) mass is 328 g/mol. The van der Waals surface area contributed by atoms with Gasteiger partial charge in [-0.2, -0.15) is 0 Å². The van der Waals surface area contributed by atoms with Crippen LogP contribution in [0.4, 0.5) is 0 Å². The van der Waals surface area contributed by atoms with E-state index in [2.05, 4.69) is 19.1 Å². The van der Waals surface area contributed by atoms with Gasteiger partial charge in [-0.05, 0) is 55.2 Å². The lowest BCUT2D eigenvalue weighted by Crippen LogP contribution is -2.18. The molecule has 0 atom stereocenters. The number of halogens is 1. The zero-order chi connectivity index (χ0) is 11.2. The van der Waals surface area contributed by atoms with E-state index in [1.54, 1.807) is 11.1 Å². The molecule has 16 heavy (non-hydrogen) atoms. The number of hydrogen-bond donors (Lipinski definition) is 0. The highest BCUT2D eigenvalue weighted by Gasteiger charge is 2.43. The highest BCUT2D eigenvalue weighted by atomic mass is 127. The van der Waals surface area contributed by atoms with Gasteiger partial charge in [-0.1, -0.05) is 18.9 Å². The molecule has 0 bridgehead atoms. The molecule has 0 radical (unpaired) electrons. The number of hydrogen-bond acceptors (Lipinski definition) is 1. The van der Waals surface area contributed by atoms with E-state index in [1.807, 2.05) is 23.0 Å². The van der Waals surface area contributed by atoms with E-state index in [1.165, 1.54) is 44.1 Å². The van der Waals surface area contributed by atoms with E-state index in [-0.39, 0.29) is 0 Å². The highest BCUT2D eigenvalue weighted by molar-refractivity contribution is 14.1. The molecule has 0 saturated heterocycles. The summed E-state index contributed by atoms with van der Waals surface area (Å²) in [7, 11) is 0. The van der Waals surface area contributed by atoms with Crippen LogP contribution in [0, 0.1) is 6.92 Å². The van der Waals surface area contributed by atoms with Crippen LogP contribution in [0.25, 0.3) is 0 Å². The van der Waals surface area contributed by atoms with Gasteiger partial charge in [0.1, 0.15) is 5.75 Å². The maximum atomic E-state index is 5.57. The van der Waals surface area contributed by atoms with Crippen molar-refractivity contribution in [3.05, 3.63) is 28.8 Å². The maximum Gasteiger partial charge on any atom is 0.192 e. The lowest BCUT2D eigenvalue weighted by atomic mass is 9.79. The van der Waals surface area contributed by atoms with Crippen LogP contribution >= 0.6 is 23.0 Å². The standard InChI is InChI=1S/C14H17IO/c1-10-4-5-12(16-15)13-11(10)6-9-14(13)7-2-3-8-14/h4-5H,2-3,6-9H2,1H3. The summed E-state index contributed by atoms with van der Waals surface area (Å²) in [6, 6.07) is 4.37. The Bertz CT molecular complexity index is 419. The molecular formula is C14H17IO. The van der Waals surface area contributed by atoms with E-state index in [0.717, 1.165) is 5.75 Å². The Balaban J connectivity index is 2.19. The summed E-state index contributed by atoms with van der Waals surface area (Å²) in [5, 5.41) is 0. The third kappa shape index (κ3) is 1.41. The van der Waals surface area contributed by atoms with Gasteiger partial charge in [0, 0.05) is 5.56 Å². The number of rotatable bonds is 1. The first-order valence-corrected chi connectivity index (χ1v) is 7.06. The van der Waals surface area contributed by atoms with E-state index in [0.29, 0.717) is 5.41 Å². The molecule has 2 aliphatic rings. The molecule has 0 aromatic heterocycles. The summed E-state index contributed by atoms with van der Waals surface area (Å²) in [4.78, 5) is 0. The topological polar surface area (TPSA) is 9.23 Å². The van der Waals surface area contributed by atoms with Crippen LogP contribution in [0.15, 0.2) is 12.1 Å². The van der Waals surface area contributed by atoms with Crippen LogP contribution in [0.3, 0.4) is 0 Å². The van der Waals surface area contributed by atoms with Gasteiger partial charge < -0.3 is 3.07 Å². The molecule has 1 spiro atoms. The lowest BCUT2D eigenvalue weighted by molar-refractivity contribution is 0.431. The normalized spacial score (nSPS) is 21.4. The molecule has 1 fully saturated rings. The zero-order valence-electron chi connectivity index (χ0n) is 9.68. The SMILES string of the molecule is Cc1ccc(OI)c2c1CCC21CCCC1. The molecule has 0 unspecified atom stereocenters. The maximum absolute atomic E-state index is 5.57. The molecule has 86 valence electrons. The van der Waals surface area contributed by atoms with Crippen LogP contribution in [-0.2, 0) is 11.8 Å². The van der Waals surface area contributed by atoms with Gasteiger partial charge in [-0.15, -0.1) is 0 Å². The quantitative estimate of drug-likeness (QED) is 0.691. The molecular weight excluding hydrogens is 311 g/mol. The molecule has 0 aliphatic heterocycles. The third-order valence-electron chi connectivity index (χ3n) is 4.54. The summed E-state index contributed by atoms with van der Waals surface area (Å²) in [6.45, 7) is 2.24. The summed E-state index contributed by atoms with van der Waals surface area (Å²) < 4.78 is 5.57. The minimum atomic E-state index is 0.474. The Morgan fingerprint density at radius 1 is 1.19 bits per heavy atom. The fourth-order valence-corrected chi connectivity index (χ4v) is 4.11. The molecule has 1 saturated carbocycles. The van der Waals surface area contributed by atoms with Crippen LogP contribution in [-0.4, -0.2) is 0 Å². The number of fused-ring (bicyclic) bond motifs is 2. The first-order valence-electron chi connectivity index (χ1n) is 6.18. The molecule has 1 aromatic carbocycles. The second kappa shape index (κ2) is 3.90. The lowest BCUT2D eigenvalue weighted by Gasteiger charge is -2.26. The van der Waals surface area contributed by atoms with Crippen molar-refractivity contribution in [1.82, 2.24) is 0 Å². The first-order chi connectivity index (χ1) is 7.77. The Labute approximate surface area is 111 Å². The molecule has 2 heteroatoms. The van der Waals surface area contributed by atoms with E-state index in [9.17, 15) is 0 Å². The van der Waals surface area contributed by atoms with Gasteiger partial charge in [-0.25, -0.2) is 0 Å². The summed E-state index contributed by atoms with van der Waals surface area (Å²) >= 11 is 2.03. The first kappa shape index (κ1) is 10.9. The Morgan fingerprint density at radius 3 is 2.62 bits per heavy atom. The Kier molecular flexibility index (Phi) is 2.65. The minimum Gasteiger partial charge on any atom is -0.427 e. The molecule has 0 heterocycles. The Hall–Kier alpha value is -0.250. The average Bonchev–Trinajstić information content (AvgIpc) is 2.90. The Morgan fingerprint density at radius 2 is 1.94 bits per heavy atom. The van der Waals surface area contributed by atoms with Crippen LogP contribution < -0.4 is 3.07 Å². The molecule has 0 amide bonds. The largest absolute Gasteiger partial charge is 0.427 e. The van der Waals surface area contributed by atoms with Gasteiger partial charge in [-0.3, -0.25) is 0 Å². The van der Waals surface area contributed by atoms with Crippen LogP contribution in [0.1, 0.15) is 48.8 Å². The second-order valence-electron chi connectivity index (χ2n) is 5.30. The molecule has 1 nitrogen and oxygen atoms in total. The summed E-state index contributed by atoms with van der Waals surface area (Å²) in [5.74, 6) is 1.13. The fourth-order valence-electron chi connectivity index (χ4n) is 3.74. The van der Waals surface area contributed by atoms with E-state index >= 15 is 0 Å². The minimum absolute atomic E-state index is 0.474. The van der Waals surface area contributed by atoms with Gasteiger partial charge >= 0.3 is 0 Å². The second-order valence-corrected chi connectivity index (χ2v) is 5.74. The van der Waals surface area contributed by atoms with Gasteiger partial charge in [0.2, 0.25) is 0 Å². The van der Waals surface area contributed by atoms with Crippen molar-refractivity contribution < 1.29 is 3.07 Å². The smallest absolute Gasteiger partial charge is 0.192 e. The molecule has 3 rings (SSSR count). The van der Waals surface area contributed by atoms with Crippen molar-refractivity contribution in [2.75, 3.05) is 0 Å². The number of benzene rings is 1.